The Morgan fingerprint density at radius 2 is 1.81 bits per heavy atom. The molecule has 0 radical (unpaired) electrons. The summed E-state index contributed by atoms with van der Waals surface area (Å²) in [5.41, 5.74) is 1.03. The minimum Gasteiger partial charge on any atom is -0.491 e. The monoisotopic (exact) mass is 222 g/mol. The number of carbonyl (C=O) groups is 1. The molecule has 1 aromatic rings. The van der Waals surface area contributed by atoms with Crippen molar-refractivity contribution in [2.75, 3.05) is 0 Å². The minimum absolute atomic E-state index is 0.0330. The summed E-state index contributed by atoms with van der Waals surface area (Å²) in [5, 5.41) is 8.69. The third kappa shape index (κ3) is 3.93. The average molecular weight is 222 g/mol. The van der Waals surface area contributed by atoms with E-state index in [0.29, 0.717) is 0 Å². The van der Waals surface area contributed by atoms with Gasteiger partial charge in [-0.15, -0.1) is 0 Å². The Hall–Kier alpha value is -1.51. The van der Waals surface area contributed by atoms with E-state index in [-0.39, 0.29) is 18.4 Å². The van der Waals surface area contributed by atoms with Crippen LogP contribution in [0.4, 0.5) is 0 Å². The molecule has 1 atom stereocenters. The Balaban J connectivity index is 2.66. The molecule has 1 N–H and O–H groups in total. The van der Waals surface area contributed by atoms with Gasteiger partial charge in [0.15, 0.2) is 0 Å². The van der Waals surface area contributed by atoms with Gasteiger partial charge in [-0.25, -0.2) is 0 Å². The van der Waals surface area contributed by atoms with E-state index < -0.39 is 5.97 Å². The van der Waals surface area contributed by atoms with Gasteiger partial charge in [0.1, 0.15) is 5.75 Å². The molecule has 0 aliphatic carbocycles. The lowest BCUT2D eigenvalue weighted by atomic mass is 9.98. The van der Waals surface area contributed by atoms with Gasteiger partial charge in [0, 0.05) is 0 Å². The normalized spacial score (nSPS) is 12.5. The second kappa shape index (κ2) is 5.54. The van der Waals surface area contributed by atoms with Crippen molar-refractivity contribution in [2.24, 2.45) is 0 Å². The maximum Gasteiger partial charge on any atom is 0.303 e. The van der Waals surface area contributed by atoms with E-state index in [0.717, 1.165) is 11.3 Å². The lowest BCUT2D eigenvalue weighted by Crippen LogP contribution is -2.06. The fourth-order valence-corrected chi connectivity index (χ4v) is 1.53. The van der Waals surface area contributed by atoms with Gasteiger partial charge in [0.05, 0.1) is 12.5 Å². The molecular weight excluding hydrogens is 204 g/mol. The molecule has 1 aromatic carbocycles. The van der Waals surface area contributed by atoms with Gasteiger partial charge >= 0.3 is 5.97 Å². The molecule has 0 saturated heterocycles. The van der Waals surface area contributed by atoms with Crippen LogP contribution in [0.5, 0.6) is 5.75 Å². The third-order valence-electron chi connectivity index (χ3n) is 2.30. The Labute approximate surface area is 96.1 Å². The number of hydrogen-bond acceptors (Lipinski definition) is 2. The van der Waals surface area contributed by atoms with Crippen LogP contribution in [0.15, 0.2) is 24.3 Å². The summed E-state index contributed by atoms with van der Waals surface area (Å²) in [6.07, 6.45) is 0.312. The van der Waals surface area contributed by atoms with Gasteiger partial charge in [0.25, 0.3) is 0 Å². The first-order valence-electron chi connectivity index (χ1n) is 5.47. The maximum atomic E-state index is 10.6. The van der Waals surface area contributed by atoms with Gasteiger partial charge in [0.2, 0.25) is 0 Å². The van der Waals surface area contributed by atoms with Crippen molar-refractivity contribution in [2.45, 2.75) is 39.2 Å². The van der Waals surface area contributed by atoms with Crippen LogP contribution in [-0.4, -0.2) is 17.2 Å². The first kappa shape index (κ1) is 12.6. The van der Waals surface area contributed by atoms with Crippen LogP contribution in [0.3, 0.4) is 0 Å². The fraction of sp³-hybridized carbons (Fsp3) is 0.462. The second-order valence-corrected chi connectivity index (χ2v) is 4.23. The van der Waals surface area contributed by atoms with Gasteiger partial charge < -0.3 is 9.84 Å². The van der Waals surface area contributed by atoms with Crippen molar-refractivity contribution in [1.82, 2.24) is 0 Å². The highest BCUT2D eigenvalue weighted by Gasteiger charge is 2.10. The number of carboxylic acids is 1. The van der Waals surface area contributed by atoms with E-state index in [4.69, 9.17) is 9.84 Å². The highest BCUT2D eigenvalue weighted by Crippen LogP contribution is 2.22. The molecule has 16 heavy (non-hydrogen) atoms. The Kier molecular flexibility index (Phi) is 4.35. The summed E-state index contributed by atoms with van der Waals surface area (Å²) in [6, 6.07) is 7.61. The lowest BCUT2D eigenvalue weighted by Gasteiger charge is -2.12. The molecule has 0 spiro atoms. The molecule has 0 aliphatic rings. The van der Waals surface area contributed by atoms with Crippen LogP contribution >= 0.6 is 0 Å². The smallest absolute Gasteiger partial charge is 0.303 e. The van der Waals surface area contributed by atoms with Crippen LogP contribution < -0.4 is 4.74 Å². The summed E-state index contributed by atoms with van der Waals surface area (Å²) in [4.78, 5) is 10.6. The zero-order valence-electron chi connectivity index (χ0n) is 9.93. The van der Waals surface area contributed by atoms with Crippen molar-refractivity contribution in [3.63, 3.8) is 0 Å². The molecule has 88 valence electrons. The van der Waals surface area contributed by atoms with Gasteiger partial charge in [-0.3, -0.25) is 4.79 Å². The molecular formula is C13H18O3. The van der Waals surface area contributed by atoms with Crippen molar-refractivity contribution in [3.8, 4) is 5.75 Å². The Morgan fingerprint density at radius 1 is 1.25 bits per heavy atom. The zero-order chi connectivity index (χ0) is 12.1. The molecule has 0 aliphatic heterocycles. The Morgan fingerprint density at radius 3 is 2.25 bits per heavy atom. The standard InChI is InChI=1S/C13H18O3/c1-9(2)16-12-6-4-11(5-7-12)10(3)8-13(14)15/h4-7,9-10H,8H2,1-3H3,(H,14,15)/t10-/m1/s1. The zero-order valence-corrected chi connectivity index (χ0v) is 9.93. The predicted octanol–water partition coefficient (Wildman–Crippen LogP) is 3.05. The quantitative estimate of drug-likeness (QED) is 0.832. The van der Waals surface area contributed by atoms with E-state index in [1.807, 2.05) is 45.0 Å². The molecule has 0 unspecified atom stereocenters. The predicted molar refractivity (Wildman–Crippen MR) is 62.9 cm³/mol. The van der Waals surface area contributed by atoms with E-state index in [1.165, 1.54) is 0 Å². The average Bonchev–Trinajstić information content (AvgIpc) is 2.16. The van der Waals surface area contributed by atoms with E-state index in [2.05, 4.69) is 0 Å². The molecule has 0 amide bonds. The number of ether oxygens (including phenoxy) is 1. The number of benzene rings is 1. The minimum atomic E-state index is -0.769. The summed E-state index contributed by atoms with van der Waals surface area (Å²) in [5.74, 6) is 0.0851. The molecule has 3 nitrogen and oxygen atoms in total. The number of hydrogen-bond donors (Lipinski definition) is 1. The van der Waals surface area contributed by atoms with E-state index in [9.17, 15) is 4.79 Å². The number of carboxylic acid groups (broad SMARTS) is 1. The van der Waals surface area contributed by atoms with Gasteiger partial charge in [-0.1, -0.05) is 19.1 Å². The van der Waals surface area contributed by atoms with Gasteiger partial charge in [-0.2, -0.15) is 0 Å². The molecule has 0 saturated carbocycles. The van der Waals surface area contributed by atoms with E-state index >= 15 is 0 Å². The summed E-state index contributed by atoms with van der Waals surface area (Å²) in [7, 11) is 0. The SMILES string of the molecule is CC(C)Oc1ccc([C@H](C)CC(=O)O)cc1. The lowest BCUT2D eigenvalue weighted by molar-refractivity contribution is -0.137. The molecule has 0 aromatic heterocycles. The Bertz CT molecular complexity index is 341. The first-order valence-corrected chi connectivity index (χ1v) is 5.47. The highest BCUT2D eigenvalue weighted by molar-refractivity contribution is 5.67. The van der Waals surface area contributed by atoms with Gasteiger partial charge in [-0.05, 0) is 37.5 Å². The summed E-state index contributed by atoms with van der Waals surface area (Å²) in [6.45, 7) is 5.86. The maximum absolute atomic E-state index is 10.6. The highest BCUT2D eigenvalue weighted by atomic mass is 16.5. The van der Waals surface area contributed by atoms with Crippen LogP contribution in [0.2, 0.25) is 0 Å². The fourth-order valence-electron chi connectivity index (χ4n) is 1.53. The first-order chi connectivity index (χ1) is 7.49. The van der Waals surface area contributed by atoms with Crippen LogP contribution in [0, 0.1) is 0 Å². The van der Waals surface area contributed by atoms with Crippen LogP contribution in [0.1, 0.15) is 38.7 Å². The largest absolute Gasteiger partial charge is 0.491 e. The molecule has 1 rings (SSSR count). The van der Waals surface area contributed by atoms with Crippen molar-refractivity contribution in [1.29, 1.82) is 0 Å². The number of aliphatic carboxylic acids is 1. The van der Waals surface area contributed by atoms with Crippen molar-refractivity contribution < 1.29 is 14.6 Å². The van der Waals surface area contributed by atoms with Crippen molar-refractivity contribution >= 4 is 5.97 Å². The second-order valence-electron chi connectivity index (χ2n) is 4.23. The molecule has 0 fully saturated rings. The molecule has 3 heteroatoms. The number of rotatable bonds is 5. The topological polar surface area (TPSA) is 46.5 Å². The van der Waals surface area contributed by atoms with E-state index in [1.54, 1.807) is 0 Å². The third-order valence-corrected chi connectivity index (χ3v) is 2.30. The summed E-state index contributed by atoms with van der Waals surface area (Å²) < 4.78 is 5.51. The van der Waals surface area contributed by atoms with Crippen LogP contribution in [0.25, 0.3) is 0 Å². The van der Waals surface area contributed by atoms with Crippen LogP contribution in [-0.2, 0) is 4.79 Å². The van der Waals surface area contributed by atoms with Crippen molar-refractivity contribution in [3.05, 3.63) is 29.8 Å². The molecule has 0 heterocycles. The molecule has 0 bridgehead atoms. The summed E-state index contributed by atoms with van der Waals surface area (Å²) >= 11 is 0.